The van der Waals surface area contributed by atoms with E-state index in [1.807, 2.05) is 13.8 Å². The first-order valence-corrected chi connectivity index (χ1v) is 10.4. The monoisotopic (exact) mass is 424 g/mol. The normalized spacial score (nSPS) is 37.1. The van der Waals surface area contributed by atoms with Gasteiger partial charge in [0.2, 0.25) is 0 Å². The summed E-state index contributed by atoms with van der Waals surface area (Å²) in [6, 6.07) is 2.13. The van der Waals surface area contributed by atoms with Gasteiger partial charge in [0.25, 0.3) is 5.91 Å². The molecule has 4 bridgehead atoms. The fourth-order valence-electron chi connectivity index (χ4n) is 5.67. The summed E-state index contributed by atoms with van der Waals surface area (Å²) in [4.78, 5) is 24.5. The lowest BCUT2D eigenvalue weighted by atomic mass is 9.49. The van der Waals surface area contributed by atoms with Gasteiger partial charge in [-0.15, -0.1) is 0 Å². The lowest BCUT2D eigenvalue weighted by Gasteiger charge is -2.60. The predicted molar refractivity (Wildman–Crippen MR) is 101 cm³/mol. The van der Waals surface area contributed by atoms with Crippen molar-refractivity contribution in [3.63, 3.8) is 0 Å². The van der Waals surface area contributed by atoms with Gasteiger partial charge in [-0.2, -0.15) is 5.26 Å². The first kappa shape index (κ1) is 19.7. The zero-order chi connectivity index (χ0) is 19.2. The highest BCUT2D eigenvalue weighted by atomic mass is 79.9. The van der Waals surface area contributed by atoms with Crippen molar-refractivity contribution in [2.75, 3.05) is 6.61 Å². The van der Waals surface area contributed by atoms with Crippen LogP contribution in [0.2, 0.25) is 0 Å². The lowest BCUT2D eigenvalue weighted by Crippen LogP contribution is -2.53. The third kappa shape index (κ3) is 3.93. The Labute approximate surface area is 164 Å². The van der Waals surface area contributed by atoms with E-state index in [4.69, 9.17) is 4.74 Å². The van der Waals surface area contributed by atoms with Gasteiger partial charge in [0.05, 0.1) is 12.5 Å². The largest absolute Gasteiger partial charge is 0.456 e. The van der Waals surface area contributed by atoms with Crippen molar-refractivity contribution in [2.24, 2.45) is 23.2 Å². The van der Waals surface area contributed by atoms with Crippen molar-refractivity contribution in [1.82, 2.24) is 5.32 Å². The first-order valence-electron chi connectivity index (χ1n) is 9.64. The van der Waals surface area contributed by atoms with Crippen LogP contribution in [-0.2, 0) is 14.3 Å². The molecule has 0 heterocycles. The minimum absolute atomic E-state index is 0.0331. The topological polar surface area (TPSA) is 79.2 Å². The third-order valence-electron chi connectivity index (χ3n) is 6.78. The van der Waals surface area contributed by atoms with Crippen LogP contribution in [0.25, 0.3) is 0 Å². The van der Waals surface area contributed by atoms with E-state index in [1.54, 1.807) is 6.92 Å². The Hall–Kier alpha value is -1.09. The average Bonchev–Trinajstić information content (AvgIpc) is 2.49. The molecule has 0 aromatic rings. The number of nitrogens with zero attached hydrogens (tertiary/aromatic N) is 1. The number of carbonyl (C=O) groups is 2. The molecule has 0 saturated heterocycles. The van der Waals surface area contributed by atoms with E-state index >= 15 is 0 Å². The Balaban J connectivity index is 1.52. The fraction of sp³-hybridized carbons (Fsp3) is 0.850. The summed E-state index contributed by atoms with van der Waals surface area (Å²) in [5.41, 5.74) is -0.911. The van der Waals surface area contributed by atoms with Crippen LogP contribution in [-0.4, -0.2) is 28.3 Å². The molecule has 0 aliphatic heterocycles. The van der Waals surface area contributed by atoms with Gasteiger partial charge in [-0.3, -0.25) is 9.59 Å². The molecule has 4 saturated carbocycles. The van der Waals surface area contributed by atoms with E-state index < -0.39 is 11.4 Å². The molecule has 1 amide bonds. The summed E-state index contributed by atoms with van der Waals surface area (Å²) in [6.07, 6.45) is 7.41. The molecule has 0 aromatic heterocycles. The van der Waals surface area contributed by atoms with Gasteiger partial charge in [0, 0.05) is 4.32 Å². The Morgan fingerprint density at radius 2 is 1.92 bits per heavy atom. The Morgan fingerprint density at radius 1 is 1.31 bits per heavy atom. The molecule has 5 nitrogen and oxygen atoms in total. The lowest BCUT2D eigenvalue weighted by molar-refractivity contribution is -0.155. The van der Waals surface area contributed by atoms with E-state index in [-0.39, 0.29) is 28.2 Å². The van der Waals surface area contributed by atoms with E-state index in [1.165, 1.54) is 19.3 Å². The smallest absolute Gasteiger partial charge is 0.306 e. The van der Waals surface area contributed by atoms with E-state index in [0.29, 0.717) is 18.3 Å². The Morgan fingerprint density at radius 3 is 2.42 bits per heavy atom. The zero-order valence-electron chi connectivity index (χ0n) is 15.9. The standard InChI is InChI=1S/C20H29BrN2O3/c1-13(2)18(3,12-22)23-16(24)10-26-17(25)9-19-5-14-4-15(6-19)8-20(21,7-14)11-19/h13-15H,4-11H2,1-3H3,(H,23,24)/t14-,15-,18+,19?,20?/m0/s1. The molecule has 26 heavy (non-hydrogen) atoms. The number of hydrogen-bond donors (Lipinski definition) is 1. The fourth-order valence-corrected chi connectivity index (χ4v) is 7.18. The molecule has 1 N–H and O–H groups in total. The van der Waals surface area contributed by atoms with Crippen molar-refractivity contribution in [2.45, 2.75) is 75.6 Å². The quantitative estimate of drug-likeness (QED) is 0.520. The van der Waals surface area contributed by atoms with E-state index in [2.05, 4.69) is 27.3 Å². The second-order valence-electron chi connectivity index (χ2n) is 9.47. The molecule has 3 atom stereocenters. The maximum absolute atomic E-state index is 12.4. The summed E-state index contributed by atoms with van der Waals surface area (Å²) in [6.45, 7) is 5.12. The van der Waals surface area contributed by atoms with Crippen LogP contribution in [0.15, 0.2) is 0 Å². The molecule has 4 aliphatic carbocycles. The van der Waals surface area contributed by atoms with Crippen LogP contribution in [0, 0.1) is 34.5 Å². The number of nitriles is 1. The SMILES string of the molecule is CC(C)[C@@](C)(C#N)NC(=O)COC(=O)CC12C[C@@H]3C[C@H](CC(Br)(C3)C1)C2. The van der Waals surface area contributed by atoms with Crippen LogP contribution in [0.5, 0.6) is 0 Å². The third-order valence-corrected chi connectivity index (χ3v) is 7.71. The highest BCUT2D eigenvalue weighted by molar-refractivity contribution is 9.10. The van der Waals surface area contributed by atoms with Crippen LogP contribution in [0.1, 0.15) is 65.7 Å². The van der Waals surface area contributed by atoms with Gasteiger partial charge < -0.3 is 10.1 Å². The first-order chi connectivity index (χ1) is 12.1. The van der Waals surface area contributed by atoms with Gasteiger partial charge in [-0.1, -0.05) is 29.8 Å². The molecule has 4 rings (SSSR count). The predicted octanol–water partition coefficient (Wildman–Crippen LogP) is 3.71. The molecule has 4 aliphatic rings. The maximum atomic E-state index is 12.4. The van der Waals surface area contributed by atoms with E-state index in [9.17, 15) is 14.9 Å². The summed E-state index contributed by atoms with van der Waals surface area (Å²) >= 11 is 3.95. The van der Waals surface area contributed by atoms with Gasteiger partial charge in [-0.25, -0.2) is 0 Å². The van der Waals surface area contributed by atoms with Crippen molar-refractivity contribution >= 4 is 27.8 Å². The minimum atomic E-state index is -0.953. The number of carbonyl (C=O) groups excluding carboxylic acids is 2. The number of ether oxygens (including phenoxy) is 1. The second-order valence-corrected chi connectivity index (χ2v) is 11.1. The van der Waals surface area contributed by atoms with Crippen molar-refractivity contribution in [3.05, 3.63) is 0 Å². The minimum Gasteiger partial charge on any atom is -0.456 e. The molecular formula is C20H29BrN2O3. The highest BCUT2D eigenvalue weighted by Crippen LogP contribution is 2.65. The Bertz CT molecular complexity index is 627. The molecule has 0 unspecified atom stereocenters. The number of rotatable bonds is 6. The zero-order valence-corrected chi connectivity index (χ0v) is 17.5. The second kappa shape index (κ2) is 6.82. The van der Waals surface area contributed by atoms with Crippen LogP contribution in [0.4, 0.5) is 0 Å². The highest BCUT2D eigenvalue weighted by Gasteiger charge is 2.57. The summed E-state index contributed by atoms with van der Waals surface area (Å²) in [7, 11) is 0. The van der Waals surface area contributed by atoms with Crippen LogP contribution >= 0.6 is 15.9 Å². The average molecular weight is 425 g/mol. The van der Waals surface area contributed by atoms with Crippen molar-refractivity contribution in [1.29, 1.82) is 5.26 Å². The van der Waals surface area contributed by atoms with Crippen LogP contribution in [0.3, 0.4) is 0 Å². The summed E-state index contributed by atoms with van der Waals surface area (Å²) in [5, 5.41) is 12.0. The number of amides is 1. The van der Waals surface area contributed by atoms with Gasteiger partial charge in [0.1, 0.15) is 5.54 Å². The number of halogens is 1. The summed E-state index contributed by atoms with van der Waals surface area (Å²) < 4.78 is 5.48. The molecule has 0 radical (unpaired) electrons. The molecule has 4 fully saturated rings. The van der Waals surface area contributed by atoms with Gasteiger partial charge >= 0.3 is 5.97 Å². The van der Waals surface area contributed by atoms with Crippen molar-refractivity contribution < 1.29 is 14.3 Å². The summed E-state index contributed by atoms with van der Waals surface area (Å²) in [5.74, 6) is 0.692. The maximum Gasteiger partial charge on any atom is 0.306 e. The molecular weight excluding hydrogens is 396 g/mol. The number of nitrogens with one attached hydrogen (secondary N) is 1. The van der Waals surface area contributed by atoms with Gasteiger partial charge in [0.15, 0.2) is 6.61 Å². The molecule has 0 aromatic carbocycles. The molecule has 6 heteroatoms. The number of esters is 1. The molecule has 0 spiro atoms. The van der Waals surface area contributed by atoms with Gasteiger partial charge in [-0.05, 0) is 68.6 Å². The Kier molecular flexibility index (Phi) is 5.16. The number of hydrogen-bond acceptors (Lipinski definition) is 4. The van der Waals surface area contributed by atoms with Crippen LogP contribution < -0.4 is 5.32 Å². The van der Waals surface area contributed by atoms with Crippen molar-refractivity contribution in [3.8, 4) is 6.07 Å². The van der Waals surface area contributed by atoms with E-state index in [0.717, 1.165) is 19.3 Å². The molecule has 144 valence electrons. The number of alkyl halides is 1.